The van der Waals surface area contributed by atoms with Gasteiger partial charge >= 0.3 is 0 Å². The lowest BCUT2D eigenvalue weighted by Gasteiger charge is -2.21. The third kappa shape index (κ3) is 3.31. The molecule has 146 valence electrons. The molecular formula is C21H23N3O2S2. The topological polar surface area (TPSA) is 64.0 Å². The first-order valence-electron chi connectivity index (χ1n) is 9.96. The van der Waals surface area contributed by atoms with Gasteiger partial charge in [0.15, 0.2) is 0 Å². The first kappa shape index (κ1) is 18.1. The Morgan fingerprint density at radius 3 is 2.96 bits per heavy atom. The van der Waals surface area contributed by atoms with Crippen molar-refractivity contribution in [3.63, 3.8) is 0 Å². The molecule has 28 heavy (non-hydrogen) atoms. The monoisotopic (exact) mass is 413 g/mol. The lowest BCUT2D eigenvalue weighted by Crippen LogP contribution is -2.33. The molecule has 0 spiro atoms. The quantitative estimate of drug-likeness (QED) is 0.661. The number of nitrogens with one attached hydrogen (secondary N) is 1. The molecule has 2 bridgehead atoms. The van der Waals surface area contributed by atoms with Crippen molar-refractivity contribution in [2.45, 2.75) is 38.6 Å². The van der Waals surface area contributed by atoms with Crippen molar-refractivity contribution in [1.82, 2.24) is 14.9 Å². The lowest BCUT2D eigenvalue weighted by atomic mass is 9.86. The van der Waals surface area contributed by atoms with E-state index in [2.05, 4.69) is 10.3 Å². The van der Waals surface area contributed by atoms with Crippen molar-refractivity contribution in [1.29, 1.82) is 0 Å². The maximum absolute atomic E-state index is 13.0. The molecule has 1 amide bonds. The van der Waals surface area contributed by atoms with Crippen molar-refractivity contribution in [2.75, 3.05) is 6.54 Å². The van der Waals surface area contributed by atoms with Crippen molar-refractivity contribution >= 4 is 38.8 Å². The maximum atomic E-state index is 13.0. The number of hydrogen-bond donors (Lipinski definition) is 1. The average molecular weight is 414 g/mol. The summed E-state index contributed by atoms with van der Waals surface area (Å²) in [6.07, 6.45) is 8.07. The van der Waals surface area contributed by atoms with Gasteiger partial charge < -0.3 is 5.32 Å². The molecule has 1 N–H and O–H groups in total. The summed E-state index contributed by atoms with van der Waals surface area (Å²) in [7, 11) is 0. The van der Waals surface area contributed by atoms with E-state index < -0.39 is 0 Å². The number of hydrogen-bond acceptors (Lipinski definition) is 5. The maximum Gasteiger partial charge on any atom is 0.263 e. The number of amides is 1. The van der Waals surface area contributed by atoms with E-state index in [4.69, 9.17) is 0 Å². The van der Waals surface area contributed by atoms with Crippen molar-refractivity contribution < 1.29 is 4.79 Å². The third-order valence-electron chi connectivity index (χ3n) is 6.38. The highest BCUT2D eigenvalue weighted by atomic mass is 32.1. The molecule has 2 fully saturated rings. The van der Waals surface area contributed by atoms with Gasteiger partial charge in [0, 0.05) is 22.4 Å². The molecule has 0 aliphatic heterocycles. The Morgan fingerprint density at radius 2 is 2.21 bits per heavy atom. The highest BCUT2D eigenvalue weighted by Crippen LogP contribution is 2.49. The smallest absolute Gasteiger partial charge is 0.263 e. The summed E-state index contributed by atoms with van der Waals surface area (Å²) in [4.78, 5) is 31.5. The molecule has 2 aliphatic rings. The molecular weight excluding hydrogens is 390 g/mol. The molecule has 0 aromatic carbocycles. The summed E-state index contributed by atoms with van der Waals surface area (Å²) in [5, 5.41) is 7.60. The van der Waals surface area contributed by atoms with Gasteiger partial charge in [0.2, 0.25) is 5.91 Å². The van der Waals surface area contributed by atoms with Crippen LogP contribution in [0.1, 0.15) is 32.1 Å². The van der Waals surface area contributed by atoms with Crippen LogP contribution in [0.15, 0.2) is 34.0 Å². The lowest BCUT2D eigenvalue weighted by molar-refractivity contribution is -0.121. The highest BCUT2D eigenvalue weighted by molar-refractivity contribution is 7.18. The van der Waals surface area contributed by atoms with Crippen LogP contribution in [-0.2, 0) is 11.3 Å². The Balaban J connectivity index is 1.26. The fourth-order valence-electron chi connectivity index (χ4n) is 5.03. The van der Waals surface area contributed by atoms with E-state index in [0.29, 0.717) is 11.9 Å². The molecule has 2 saturated carbocycles. The zero-order chi connectivity index (χ0) is 19.1. The largest absolute Gasteiger partial charge is 0.355 e. The predicted octanol–water partition coefficient (Wildman–Crippen LogP) is 4.13. The number of thiophene rings is 2. The Morgan fingerprint density at radius 1 is 1.29 bits per heavy atom. The summed E-state index contributed by atoms with van der Waals surface area (Å²) in [5.74, 6) is 2.48. The standard InChI is InChI=1S/C21H23N3O2S2/c25-18(22-6-5-15-9-13-3-4-14(15)8-13)10-24-12-23-20-19(21(24)26)16(11-28-20)17-2-1-7-27-17/h1-2,7,11-15H,3-6,8-10H2,(H,22,25). The van der Waals surface area contributed by atoms with Crippen molar-refractivity contribution in [3.8, 4) is 10.4 Å². The zero-order valence-electron chi connectivity index (χ0n) is 15.6. The van der Waals surface area contributed by atoms with Gasteiger partial charge in [-0.25, -0.2) is 4.98 Å². The molecule has 3 unspecified atom stereocenters. The zero-order valence-corrected chi connectivity index (χ0v) is 17.2. The van der Waals surface area contributed by atoms with Crippen molar-refractivity contribution in [2.24, 2.45) is 17.8 Å². The van der Waals surface area contributed by atoms with Crippen LogP contribution in [0.2, 0.25) is 0 Å². The summed E-state index contributed by atoms with van der Waals surface area (Å²) in [6, 6.07) is 3.98. The van der Waals surface area contributed by atoms with Gasteiger partial charge in [-0.1, -0.05) is 12.5 Å². The van der Waals surface area contributed by atoms with Gasteiger partial charge in [-0.3, -0.25) is 14.2 Å². The second kappa shape index (κ2) is 7.44. The van der Waals surface area contributed by atoms with Gasteiger partial charge in [0.05, 0.1) is 11.7 Å². The van der Waals surface area contributed by atoms with Gasteiger partial charge in [0.25, 0.3) is 5.56 Å². The van der Waals surface area contributed by atoms with Gasteiger partial charge in [-0.15, -0.1) is 22.7 Å². The minimum absolute atomic E-state index is 0.0260. The SMILES string of the molecule is O=C(Cn1cnc2scc(-c3cccs3)c2c1=O)NCCC1CC2CCC1C2. The van der Waals surface area contributed by atoms with Gasteiger partial charge in [-0.2, -0.15) is 0 Å². The first-order valence-corrected chi connectivity index (χ1v) is 11.7. The van der Waals surface area contributed by atoms with Crippen LogP contribution < -0.4 is 10.9 Å². The van der Waals surface area contributed by atoms with E-state index in [1.807, 2.05) is 22.9 Å². The van der Waals surface area contributed by atoms with Crippen LogP contribution in [-0.4, -0.2) is 22.0 Å². The number of nitrogens with zero attached hydrogens (tertiary/aromatic N) is 2. The summed E-state index contributed by atoms with van der Waals surface area (Å²) < 4.78 is 1.43. The molecule has 7 heteroatoms. The van der Waals surface area contributed by atoms with E-state index in [0.717, 1.165) is 39.4 Å². The van der Waals surface area contributed by atoms with Crippen molar-refractivity contribution in [3.05, 3.63) is 39.6 Å². The average Bonchev–Trinajstić information content (AvgIpc) is 3.47. The Bertz CT molecular complexity index is 1050. The highest BCUT2D eigenvalue weighted by Gasteiger charge is 2.38. The number of aromatic nitrogens is 2. The van der Waals surface area contributed by atoms with E-state index in [9.17, 15) is 9.59 Å². The number of fused-ring (bicyclic) bond motifs is 3. The van der Waals surface area contributed by atoms with E-state index >= 15 is 0 Å². The number of carbonyl (C=O) groups excluding carboxylic acids is 1. The Labute approximate surface area is 171 Å². The molecule has 3 aromatic heterocycles. The fraction of sp³-hybridized carbons (Fsp3) is 0.476. The summed E-state index contributed by atoms with van der Waals surface area (Å²) in [6.45, 7) is 0.730. The normalized spacial score (nSPS) is 23.5. The van der Waals surface area contributed by atoms with Gasteiger partial charge in [-0.05, 0) is 54.9 Å². The second-order valence-electron chi connectivity index (χ2n) is 8.06. The van der Waals surface area contributed by atoms with E-state index in [-0.39, 0.29) is 18.0 Å². The second-order valence-corrected chi connectivity index (χ2v) is 9.86. The molecule has 0 saturated heterocycles. The molecule has 5 nitrogen and oxygen atoms in total. The third-order valence-corrected chi connectivity index (χ3v) is 8.17. The van der Waals surface area contributed by atoms with E-state index in [1.165, 1.54) is 47.9 Å². The van der Waals surface area contributed by atoms with E-state index in [1.54, 1.807) is 11.3 Å². The van der Waals surface area contributed by atoms with Crippen LogP contribution in [0.4, 0.5) is 0 Å². The molecule has 3 aromatic rings. The fourth-order valence-corrected chi connectivity index (χ4v) is 6.75. The summed E-state index contributed by atoms with van der Waals surface area (Å²) >= 11 is 3.07. The first-order chi connectivity index (χ1) is 13.7. The molecule has 0 radical (unpaired) electrons. The van der Waals surface area contributed by atoms with Crippen LogP contribution in [0.3, 0.4) is 0 Å². The predicted molar refractivity (Wildman–Crippen MR) is 114 cm³/mol. The molecule has 3 heterocycles. The van der Waals surface area contributed by atoms with Crippen LogP contribution in [0.25, 0.3) is 20.7 Å². The number of carbonyl (C=O) groups is 1. The van der Waals surface area contributed by atoms with Crippen LogP contribution >= 0.6 is 22.7 Å². The minimum Gasteiger partial charge on any atom is -0.355 e. The Hall–Kier alpha value is -1.99. The molecule has 5 rings (SSSR count). The van der Waals surface area contributed by atoms with Crippen LogP contribution in [0.5, 0.6) is 0 Å². The Kier molecular flexibility index (Phi) is 4.80. The minimum atomic E-state index is -0.141. The molecule has 3 atom stereocenters. The molecule has 2 aliphatic carbocycles. The van der Waals surface area contributed by atoms with Gasteiger partial charge in [0.1, 0.15) is 11.4 Å². The summed E-state index contributed by atoms with van der Waals surface area (Å²) in [5.41, 5.74) is 0.774. The number of rotatable bonds is 6. The van der Waals surface area contributed by atoms with Crippen LogP contribution in [0, 0.1) is 17.8 Å².